The van der Waals surface area contributed by atoms with Gasteiger partial charge in [0.05, 0.1) is 6.10 Å². The largest absolute Gasteiger partial charge is 0.457 e. The zero-order valence-corrected chi connectivity index (χ0v) is 14.1. The summed E-state index contributed by atoms with van der Waals surface area (Å²) >= 11 is 0. The quantitative estimate of drug-likeness (QED) is 0.407. The van der Waals surface area contributed by atoms with E-state index in [0.717, 1.165) is 38.2 Å². The smallest absolute Gasteiger partial charge is 0.374 e. The normalized spacial score (nSPS) is 13.1. The third-order valence-corrected chi connectivity index (χ3v) is 4.54. The van der Waals surface area contributed by atoms with Gasteiger partial charge in [0.25, 0.3) is 9.05 Å². The van der Waals surface area contributed by atoms with E-state index in [1.807, 2.05) is 0 Å². The van der Waals surface area contributed by atoms with E-state index in [1.54, 1.807) is 6.92 Å². The number of hydrogen-bond acceptors (Lipinski definition) is 5. The first-order chi connectivity index (χ1) is 9.75. The highest BCUT2D eigenvalue weighted by molar-refractivity contribution is 8.13. The summed E-state index contributed by atoms with van der Waals surface area (Å²) in [5.41, 5.74) is 0. The van der Waals surface area contributed by atoms with Crippen LogP contribution in [0.1, 0.15) is 62.3 Å². The molecule has 0 radical (unpaired) electrons. The molecule has 5 nitrogen and oxygen atoms in total. The molecule has 0 amide bonds. The first-order valence-corrected chi connectivity index (χ1v) is 9.32. The summed E-state index contributed by atoms with van der Waals surface area (Å²) in [5.74, 6) is -0.743. The Balaban J connectivity index is 2.60. The van der Waals surface area contributed by atoms with Crippen molar-refractivity contribution in [1.82, 2.24) is 0 Å². The van der Waals surface area contributed by atoms with E-state index in [4.69, 9.17) is 19.8 Å². The van der Waals surface area contributed by atoms with Crippen molar-refractivity contribution in [3.8, 4) is 0 Å². The number of unbranched alkanes of at least 4 members (excludes halogenated alkanes) is 3. The van der Waals surface area contributed by atoms with E-state index in [1.165, 1.54) is 6.92 Å². The van der Waals surface area contributed by atoms with Crippen molar-refractivity contribution >= 4 is 25.7 Å². The minimum absolute atomic E-state index is 0.0764. The second kappa shape index (κ2) is 7.84. The fourth-order valence-electron chi connectivity index (χ4n) is 1.97. The van der Waals surface area contributed by atoms with Gasteiger partial charge in [-0.05, 0) is 26.7 Å². The van der Waals surface area contributed by atoms with Crippen LogP contribution in [0.5, 0.6) is 0 Å². The molecule has 1 rings (SSSR count). The van der Waals surface area contributed by atoms with Gasteiger partial charge >= 0.3 is 5.97 Å². The van der Waals surface area contributed by atoms with Gasteiger partial charge in [-0.2, -0.15) is 0 Å². The number of hydrogen-bond donors (Lipinski definition) is 0. The summed E-state index contributed by atoms with van der Waals surface area (Å²) in [6.45, 7) is 5.37. The SMILES string of the molecule is CCCCCCC(C)OC(=O)c1cc(S(=O)(=O)Cl)c(C)o1. The molecule has 120 valence electrons. The van der Waals surface area contributed by atoms with Crippen LogP contribution in [0.4, 0.5) is 0 Å². The Hall–Kier alpha value is -1.01. The van der Waals surface area contributed by atoms with Crippen molar-refractivity contribution in [3.63, 3.8) is 0 Å². The zero-order valence-electron chi connectivity index (χ0n) is 12.5. The maximum absolute atomic E-state index is 11.9. The number of furan rings is 1. The predicted octanol–water partition coefficient (Wildman–Crippen LogP) is 4.03. The first kappa shape index (κ1) is 18.0. The van der Waals surface area contributed by atoms with Gasteiger partial charge in [0, 0.05) is 16.7 Å². The van der Waals surface area contributed by atoms with Gasteiger partial charge < -0.3 is 9.15 Å². The van der Waals surface area contributed by atoms with Crippen molar-refractivity contribution in [2.75, 3.05) is 0 Å². The summed E-state index contributed by atoms with van der Waals surface area (Å²) in [4.78, 5) is 11.7. The number of esters is 1. The number of rotatable bonds is 8. The summed E-state index contributed by atoms with van der Waals surface area (Å²) in [6, 6.07) is 1.10. The van der Waals surface area contributed by atoms with Crippen molar-refractivity contribution in [3.05, 3.63) is 17.6 Å². The Morgan fingerprint density at radius 1 is 1.38 bits per heavy atom. The van der Waals surface area contributed by atoms with Gasteiger partial charge in [0.1, 0.15) is 10.7 Å². The lowest BCUT2D eigenvalue weighted by Gasteiger charge is -2.11. The molecule has 1 atom stereocenters. The lowest BCUT2D eigenvalue weighted by Crippen LogP contribution is -2.14. The van der Waals surface area contributed by atoms with E-state index in [2.05, 4.69) is 6.92 Å². The molecule has 1 aromatic heterocycles. The molecule has 0 aliphatic rings. The average molecular weight is 337 g/mol. The molecule has 0 spiro atoms. The maximum Gasteiger partial charge on any atom is 0.374 e. The molecule has 1 unspecified atom stereocenters. The fourth-order valence-corrected chi connectivity index (χ4v) is 3.06. The minimum Gasteiger partial charge on any atom is -0.457 e. The van der Waals surface area contributed by atoms with Crippen LogP contribution < -0.4 is 0 Å². The summed E-state index contributed by atoms with van der Waals surface area (Å²) < 4.78 is 32.9. The molecule has 0 N–H and O–H groups in total. The third-order valence-electron chi connectivity index (χ3n) is 3.11. The highest BCUT2D eigenvalue weighted by Crippen LogP contribution is 2.24. The van der Waals surface area contributed by atoms with Gasteiger partial charge in [-0.3, -0.25) is 0 Å². The van der Waals surface area contributed by atoms with Crippen LogP contribution in [-0.4, -0.2) is 20.5 Å². The standard InChI is InChI=1S/C14H21ClO5S/c1-4-5-6-7-8-10(2)19-14(16)12-9-13(11(3)20-12)21(15,17)18/h9-10H,4-8H2,1-3H3. The van der Waals surface area contributed by atoms with Crippen molar-refractivity contribution in [2.24, 2.45) is 0 Å². The molecule has 0 aliphatic heterocycles. The average Bonchev–Trinajstić information content (AvgIpc) is 2.77. The van der Waals surface area contributed by atoms with Crippen molar-refractivity contribution < 1.29 is 22.4 Å². The summed E-state index contributed by atoms with van der Waals surface area (Å²) in [5, 5.41) is 0. The van der Waals surface area contributed by atoms with Gasteiger partial charge in [-0.15, -0.1) is 0 Å². The minimum atomic E-state index is -3.92. The summed E-state index contributed by atoms with van der Waals surface area (Å²) in [7, 11) is 1.32. The Labute approximate surface area is 130 Å². The molecule has 7 heteroatoms. The number of ether oxygens (including phenoxy) is 1. The van der Waals surface area contributed by atoms with E-state index in [0.29, 0.717) is 0 Å². The monoisotopic (exact) mass is 336 g/mol. The van der Waals surface area contributed by atoms with Crippen LogP contribution in [0.2, 0.25) is 0 Å². The lowest BCUT2D eigenvalue weighted by molar-refractivity contribution is 0.0282. The Kier molecular flexibility index (Phi) is 6.74. The second-order valence-electron chi connectivity index (χ2n) is 5.03. The molecular formula is C14H21ClO5S. The molecule has 1 heterocycles. The van der Waals surface area contributed by atoms with Crippen LogP contribution in [0.15, 0.2) is 15.4 Å². The van der Waals surface area contributed by atoms with E-state index < -0.39 is 15.0 Å². The molecule has 1 aromatic rings. The molecule has 0 fully saturated rings. The topological polar surface area (TPSA) is 73.6 Å². The maximum atomic E-state index is 11.9. The lowest BCUT2D eigenvalue weighted by atomic mass is 10.1. The van der Waals surface area contributed by atoms with Gasteiger partial charge in [0.15, 0.2) is 0 Å². The van der Waals surface area contributed by atoms with Crippen molar-refractivity contribution in [2.45, 2.75) is 63.9 Å². The van der Waals surface area contributed by atoms with E-state index in [-0.39, 0.29) is 22.5 Å². The van der Waals surface area contributed by atoms with Gasteiger partial charge in [-0.25, -0.2) is 13.2 Å². The zero-order chi connectivity index (χ0) is 16.0. The molecular weight excluding hydrogens is 316 g/mol. The molecule has 0 saturated heterocycles. The molecule has 0 bridgehead atoms. The van der Waals surface area contributed by atoms with Gasteiger partial charge in [-0.1, -0.05) is 26.2 Å². The van der Waals surface area contributed by atoms with Crippen LogP contribution >= 0.6 is 10.7 Å². The first-order valence-electron chi connectivity index (χ1n) is 7.01. The highest BCUT2D eigenvalue weighted by atomic mass is 35.7. The number of carbonyl (C=O) groups is 1. The third kappa shape index (κ3) is 5.71. The molecule has 0 aliphatic carbocycles. The van der Waals surface area contributed by atoms with Crippen LogP contribution in [0, 0.1) is 6.92 Å². The van der Waals surface area contributed by atoms with Crippen LogP contribution in [0.25, 0.3) is 0 Å². The summed E-state index contributed by atoms with van der Waals surface area (Å²) in [6.07, 6.45) is 4.93. The number of aryl methyl sites for hydroxylation is 1. The van der Waals surface area contributed by atoms with Crippen LogP contribution in [0.3, 0.4) is 0 Å². The number of halogens is 1. The molecule has 0 aromatic carbocycles. The Morgan fingerprint density at radius 2 is 2.05 bits per heavy atom. The Morgan fingerprint density at radius 3 is 2.57 bits per heavy atom. The molecule has 0 saturated carbocycles. The van der Waals surface area contributed by atoms with Crippen molar-refractivity contribution in [1.29, 1.82) is 0 Å². The van der Waals surface area contributed by atoms with Gasteiger partial charge in [0.2, 0.25) is 5.76 Å². The molecule has 21 heavy (non-hydrogen) atoms. The van der Waals surface area contributed by atoms with E-state index in [9.17, 15) is 13.2 Å². The Bertz CT molecular complexity index is 576. The van der Waals surface area contributed by atoms with E-state index >= 15 is 0 Å². The predicted molar refractivity (Wildman–Crippen MR) is 80.1 cm³/mol. The fraction of sp³-hybridized carbons (Fsp3) is 0.643. The number of carbonyl (C=O) groups excluding carboxylic acids is 1. The second-order valence-corrected chi connectivity index (χ2v) is 7.57. The van der Waals surface area contributed by atoms with Crippen LogP contribution in [-0.2, 0) is 13.8 Å². The highest BCUT2D eigenvalue weighted by Gasteiger charge is 2.23.